The van der Waals surface area contributed by atoms with Gasteiger partial charge in [0.1, 0.15) is 0 Å². The smallest absolute Gasteiger partial charge is 0.0834 e. The lowest BCUT2D eigenvalue weighted by Gasteiger charge is -2.27. The van der Waals surface area contributed by atoms with Gasteiger partial charge in [-0.25, -0.2) is 0 Å². The van der Waals surface area contributed by atoms with E-state index in [-0.39, 0.29) is 0 Å². The molecule has 0 aliphatic carbocycles. The van der Waals surface area contributed by atoms with Crippen molar-refractivity contribution in [2.45, 2.75) is 196 Å². The predicted molar refractivity (Wildman–Crippen MR) is 419 cm³/mol. The summed E-state index contributed by atoms with van der Waals surface area (Å²) in [6, 6.07) is 0. The van der Waals surface area contributed by atoms with Crippen LogP contribution in [0.3, 0.4) is 0 Å². The van der Waals surface area contributed by atoms with Crippen LogP contribution < -0.4 is 51.9 Å². The maximum absolute atomic E-state index is 5.37. The maximum Gasteiger partial charge on any atom is 0.0834 e. The van der Waals surface area contributed by atoms with E-state index in [0.29, 0.717) is 27.1 Å². The third-order valence-corrected chi connectivity index (χ3v) is 19.2. The van der Waals surface area contributed by atoms with Gasteiger partial charge in [-0.3, -0.25) is 0 Å². The molecule has 87 heavy (non-hydrogen) atoms. The Morgan fingerprint density at radius 3 is 0.816 bits per heavy atom. The van der Waals surface area contributed by atoms with Gasteiger partial charge in [0.15, 0.2) is 0 Å². The van der Waals surface area contributed by atoms with Crippen molar-refractivity contribution in [2.75, 3.05) is 139 Å². The van der Waals surface area contributed by atoms with Crippen molar-refractivity contribution in [3.05, 3.63) is 45.1 Å². The third kappa shape index (κ3) is 28.2. The van der Waals surface area contributed by atoms with Crippen LogP contribution in [-0.2, 0) is 0 Å². The Balaban J connectivity index is 0.000000544. The Hall–Kier alpha value is -2.40. The van der Waals surface area contributed by atoms with E-state index in [1.165, 1.54) is 32.1 Å². The molecule has 0 heterocycles. The van der Waals surface area contributed by atoms with E-state index < -0.39 is 0 Å². The fourth-order valence-corrected chi connectivity index (χ4v) is 12.3. The Bertz CT molecular complexity index is 3260. The van der Waals surface area contributed by atoms with Gasteiger partial charge < -0.3 is 51.9 Å². The highest BCUT2D eigenvalue weighted by molar-refractivity contribution is 7.75. The molecule has 20 heteroatoms. The molecule has 0 aromatic heterocycles. The zero-order valence-electron chi connectivity index (χ0n) is 57.9. The van der Waals surface area contributed by atoms with Crippen molar-refractivity contribution in [2.24, 2.45) is 27.1 Å². The first-order valence-corrected chi connectivity index (χ1v) is 35.6. The highest BCUT2D eigenvalue weighted by atomic mass is 32.1. The number of nitrogens with one attached hydrogen (secondary N) is 7. The van der Waals surface area contributed by atoms with Crippen molar-refractivity contribution in [3.8, 4) is 0 Å². The Morgan fingerprint density at radius 1 is 0.299 bits per heavy atom. The van der Waals surface area contributed by atoms with E-state index >= 15 is 0 Å². The molecule has 0 saturated carbocycles. The van der Waals surface area contributed by atoms with Crippen LogP contribution in [0.1, 0.15) is 196 Å². The molecular formula is C67H114N10S10. The van der Waals surface area contributed by atoms with Gasteiger partial charge in [-0.1, -0.05) is 226 Å². The summed E-state index contributed by atoms with van der Waals surface area (Å²) in [6.45, 7) is 51.1. The minimum Gasteiger partial charge on any atom is -0.385 e. The molecule has 5 rings (SSSR count). The number of nitrogens with zero attached hydrogens (tertiary/aromatic N) is 3. The normalized spacial score (nSPS) is 11.8. The van der Waals surface area contributed by atoms with E-state index in [1.807, 2.05) is 26.0 Å². The Morgan fingerprint density at radius 2 is 0.540 bits per heavy atom. The highest BCUT2D eigenvalue weighted by Gasteiger charge is 2.22. The molecule has 7 N–H and O–H groups in total. The summed E-state index contributed by atoms with van der Waals surface area (Å²) in [7, 11) is 7.93. The predicted octanol–water partition coefficient (Wildman–Crippen LogP) is 23.1. The monoisotopic (exact) mass is 1380 g/mol. The summed E-state index contributed by atoms with van der Waals surface area (Å²) >= 11 is 52.6. The van der Waals surface area contributed by atoms with E-state index in [4.69, 9.17) is 122 Å². The first-order chi connectivity index (χ1) is 40.1. The quantitative estimate of drug-likeness (QED) is 0.0183. The fourth-order valence-electron chi connectivity index (χ4n) is 9.29. The maximum atomic E-state index is 5.37. The lowest BCUT2D eigenvalue weighted by Crippen LogP contribution is -2.25. The molecule has 0 atom stereocenters. The van der Waals surface area contributed by atoms with Gasteiger partial charge in [0.25, 0.3) is 0 Å². The van der Waals surface area contributed by atoms with Crippen molar-refractivity contribution >= 4 is 179 Å². The van der Waals surface area contributed by atoms with E-state index in [0.717, 1.165) is 193 Å². The molecule has 10 nitrogen and oxygen atoms in total. The second-order valence-corrected chi connectivity index (χ2v) is 32.9. The van der Waals surface area contributed by atoms with Crippen LogP contribution in [0, 0.1) is 72.2 Å². The molecule has 492 valence electrons. The van der Waals surface area contributed by atoms with Gasteiger partial charge in [0, 0.05) is 87.1 Å². The summed E-state index contributed by atoms with van der Waals surface area (Å²) in [5, 5.41) is 23.4. The van der Waals surface area contributed by atoms with Crippen LogP contribution in [0.4, 0.5) is 56.9 Å². The van der Waals surface area contributed by atoms with Gasteiger partial charge >= 0.3 is 0 Å². The van der Waals surface area contributed by atoms with Gasteiger partial charge in [-0.2, -0.15) is 0 Å². The molecule has 0 radical (unpaired) electrons. The molecule has 5 aromatic carbocycles. The molecule has 0 bridgehead atoms. The van der Waals surface area contributed by atoms with Crippen molar-refractivity contribution in [3.63, 3.8) is 0 Å². The van der Waals surface area contributed by atoms with Crippen LogP contribution in [0.5, 0.6) is 0 Å². The fraction of sp³-hybridized carbons (Fsp3) is 0.701. The van der Waals surface area contributed by atoms with Crippen LogP contribution in [0.25, 0.3) is 0 Å². The topological polar surface area (TPSA) is 93.9 Å². The summed E-state index contributed by atoms with van der Waals surface area (Å²) in [5.74, 6) is 0. The zero-order valence-corrected chi connectivity index (χ0v) is 66.0. The average Bonchev–Trinajstić information content (AvgIpc) is 1.60. The summed E-state index contributed by atoms with van der Waals surface area (Å²) in [4.78, 5) is 6.47. The molecule has 0 spiro atoms. The lowest BCUT2D eigenvalue weighted by molar-refractivity contribution is 0.370. The van der Waals surface area contributed by atoms with Gasteiger partial charge in [0.2, 0.25) is 0 Å². The minimum atomic E-state index is 0.396. The second kappa shape index (κ2) is 37.9. The Labute approximate surface area is 580 Å². The first-order valence-electron chi connectivity index (χ1n) is 31.5. The zero-order chi connectivity index (χ0) is 67.2. The van der Waals surface area contributed by atoms with Gasteiger partial charge in [-0.05, 0) is 119 Å². The van der Waals surface area contributed by atoms with Gasteiger partial charge in [-0.15, -0.1) is 0 Å². The van der Waals surface area contributed by atoms with Crippen molar-refractivity contribution in [1.29, 1.82) is 0 Å². The van der Waals surface area contributed by atoms with E-state index in [9.17, 15) is 0 Å². The molecule has 0 fully saturated rings. The van der Waals surface area contributed by atoms with Crippen LogP contribution in [0.2, 0.25) is 0 Å². The molecule has 0 aliphatic heterocycles. The molecule has 0 unspecified atom stereocenters. The lowest BCUT2D eigenvalue weighted by atomic mass is 9.90. The first kappa shape index (κ1) is 82.6. The molecule has 0 amide bonds. The third-order valence-electron chi connectivity index (χ3n) is 14.5. The Kier molecular flexibility index (Phi) is 36.0. The number of hydrogen-bond acceptors (Lipinski definition) is 20. The largest absolute Gasteiger partial charge is 0.385 e. The number of anilines is 10. The standard InChI is InChI=1S/C15H26N2S2.C14H24N2S2.2C13H22N2S2.C12H20N2S2/c1-6-17(7-2)12-11(13(18)14(12)19)16-10-8-9-15(3,4)5;1-6-16(5)11-10(12(17)13(11)18)15-9-7-8-14(2,3)4;1-13(2,3)7-6-8-14-9-10(15(4)5)12(17)11(9)16;1-5-14-9-10(12(17)11(9)16)15-8-6-7-13(2,3)4;1-12(2,3)6-5-7-14-9-8(13-4)10(15)11(9)16/h16H,6-10H2,1-5H3;15H,6-9H2,1-5H3;14H,6-8H2,1-5H3;14-15H,5-8H2,1-4H3;13-14H,5-7H2,1-4H3. The summed E-state index contributed by atoms with van der Waals surface area (Å²) < 4.78 is 8.22. The average molecular weight is 1380 g/mol. The van der Waals surface area contributed by atoms with Crippen LogP contribution in [-0.4, -0.2) is 87.1 Å². The highest BCUT2D eigenvalue weighted by Crippen LogP contribution is 2.39. The van der Waals surface area contributed by atoms with E-state index in [1.54, 1.807) is 0 Å². The van der Waals surface area contributed by atoms with Crippen molar-refractivity contribution in [1.82, 2.24) is 0 Å². The SMILES string of the molecule is CCN(C)c1c(NCCCC(C)(C)C)c(=S)c1=S.CCN(CC)c1c(NCCCC(C)(C)C)c(=S)c1=S.CCNc1c(NCCCC(C)(C)C)c(=S)c1=S.CN(C)c1c(NCCCC(C)(C)C)c(=S)c1=S.CNc1c(NCCCC(C)(C)C)c(=S)c1=S. The van der Waals surface area contributed by atoms with Gasteiger partial charge in [0.05, 0.1) is 102 Å². The molecular weight excluding hydrogens is 1270 g/mol. The minimum absolute atomic E-state index is 0.396. The van der Waals surface area contributed by atoms with Crippen LogP contribution >= 0.6 is 122 Å². The number of hydrogen-bond donors (Lipinski definition) is 7. The summed E-state index contributed by atoms with van der Waals surface area (Å²) in [5.41, 5.74) is 12.7. The van der Waals surface area contributed by atoms with Crippen molar-refractivity contribution < 1.29 is 0 Å². The second-order valence-electron chi connectivity index (χ2n) is 28.8. The molecule has 5 aromatic rings. The number of rotatable bonds is 29. The summed E-state index contributed by atoms with van der Waals surface area (Å²) in [6.07, 6.45) is 11.8. The van der Waals surface area contributed by atoms with E-state index in [2.05, 4.69) is 186 Å². The van der Waals surface area contributed by atoms with Crippen LogP contribution in [0.15, 0.2) is 0 Å². The molecule has 0 saturated heterocycles. The molecule has 0 aliphatic rings.